The van der Waals surface area contributed by atoms with Crippen molar-refractivity contribution >= 4 is 17.0 Å². The molecule has 6 heteroatoms. The summed E-state index contributed by atoms with van der Waals surface area (Å²) in [7, 11) is 4.01. The zero-order chi connectivity index (χ0) is 12.0. The lowest BCUT2D eigenvalue weighted by atomic mass is 10.3. The van der Waals surface area contributed by atoms with Gasteiger partial charge in [0.2, 0.25) is 11.0 Å². The molecular formula is C11H14N5O+. The highest BCUT2D eigenvalue weighted by molar-refractivity contribution is 5.87. The highest BCUT2D eigenvalue weighted by atomic mass is 16.5. The highest BCUT2D eigenvalue weighted by Crippen LogP contribution is 2.10. The van der Waals surface area contributed by atoms with Gasteiger partial charge in [-0.15, -0.1) is 4.85 Å². The molecule has 0 saturated carbocycles. The molecule has 17 heavy (non-hydrogen) atoms. The first-order chi connectivity index (χ1) is 8.18. The lowest BCUT2D eigenvalue weighted by molar-refractivity contribution is -0.645. The van der Waals surface area contributed by atoms with Crippen molar-refractivity contribution < 1.29 is 9.42 Å². The molecule has 0 unspecified atom stereocenters. The zero-order valence-electron chi connectivity index (χ0n) is 9.87. The van der Waals surface area contributed by atoms with Crippen molar-refractivity contribution in [1.29, 1.82) is 0 Å². The van der Waals surface area contributed by atoms with Gasteiger partial charge in [0.15, 0.2) is 0 Å². The van der Waals surface area contributed by atoms with E-state index in [4.69, 9.17) is 0 Å². The second-order valence-corrected chi connectivity index (χ2v) is 4.31. The summed E-state index contributed by atoms with van der Waals surface area (Å²) in [6, 6.07) is 7.44. The molecule has 0 spiro atoms. The number of hydrogen-bond acceptors (Lipinski definition) is 3. The van der Waals surface area contributed by atoms with Crippen molar-refractivity contribution in [3.8, 4) is 0 Å². The summed E-state index contributed by atoms with van der Waals surface area (Å²) in [5.41, 5.74) is 1.42. The summed E-state index contributed by atoms with van der Waals surface area (Å²) in [6.45, 7) is 1.89. The van der Waals surface area contributed by atoms with Crippen LogP contribution in [0.5, 0.6) is 0 Å². The molecule has 2 heterocycles. The van der Waals surface area contributed by atoms with Crippen molar-refractivity contribution in [2.75, 3.05) is 27.2 Å². The molecule has 3 rings (SSSR count). The largest absolute Gasteiger partial charge is 0.691 e. The summed E-state index contributed by atoms with van der Waals surface area (Å²) < 4.78 is 3.80. The van der Waals surface area contributed by atoms with Crippen LogP contribution in [0.1, 0.15) is 0 Å². The second kappa shape index (κ2) is 3.44. The van der Waals surface area contributed by atoms with E-state index >= 15 is 0 Å². The van der Waals surface area contributed by atoms with Gasteiger partial charge in [-0.3, -0.25) is 9.48 Å². The molecule has 0 fully saturated rings. The first kappa shape index (κ1) is 10.1. The monoisotopic (exact) mass is 232 g/mol. The molecular weight excluding hydrogens is 218 g/mol. The van der Waals surface area contributed by atoms with Gasteiger partial charge in [0.1, 0.15) is 5.21 Å². The summed E-state index contributed by atoms with van der Waals surface area (Å²) in [5, 5.41) is 15.7. The van der Waals surface area contributed by atoms with Crippen LogP contribution in [0.15, 0.2) is 24.3 Å². The zero-order valence-corrected chi connectivity index (χ0v) is 9.87. The van der Waals surface area contributed by atoms with Crippen LogP contribution in [0.2, 0.25) is 0 Å². The van der Waals surface area contributed by atoms with Crippen LogP contribution in [0.25, 0.3) is 11.0 Å². The number of fused-ring (bicyclic) bond motifs is 1. The summed E-state index contributed by atoms with van der Waals surface area (Å²) in [4.78, 5) is 2.77. The van der Waals surface area contributed by atoms with Crippen molar-refractivity contribution in [3.63, 3.8) is 0 Å². The third-order valence-electron chi connectivity index (χ3n) is 3.13. The average Bonchev–Trinajstić information content (AvgIpc) is 2.82. The second-order valence-electron chi connectivity index (χ2n) is 4.31. The molecule has 0 radical (unpaired) electrons. The fourth-order valence-corrected chi connectivity index (χ4v) is 2.25. The minimum absolute atomic E-state index is 0.591. The SMILES string of the molecule is CN1CC[N+](C)=C1n1n[n+]([O-])c2ccccc21. The number of nitrogens with zero attached hydrogens (tertiary/aromatic N) is 5. The molecule has 0 amide bonds. The maximum Gasteiger partial charge on any atom is 0.412 e. The van der Waals surface area contributed by atoms with Gasteiger partial charge in [0.25, 0.3) is 0 Å². The lowest BCUT2D eigenvalue weighted by Crippen LogP contribution is -2.36. The number of likely N-dealkylation sites (N-methyl/N-ethyl adjacent to an activating group) is 2. The molecule has 88 valence electrons. The molecule has 6 nitrogen and oxygen atoms in total. The van der Waals surface area contributed by atoms with Crippen LogP contribution in [0.3, 0.4) is 0 Å². The van der Waals surface area contributed by atoms with Crippen molar-refractivity contribution in [3.05, 3.63) is 29.5 Å². The molecule has 0 saturated heterocycles. The smallest absolute Gasteiger partial charge is 0.412 e. The fraction of sp³-hybridized carbons (Fsp3) is 0.364. The topological polar surface area (TPSA) is 51.0 Å². The van der Waals surface area contributed by atoms with Crippen LogP contribution < -0.4 is 4.85 Å². The third-order valence-corrected chi connectivity index (χ3v) is 3.13. The molecule has 1 aromatic carbocycles. The first-order valence-corrected chi connectivity index (χ1v) is 5.55. The Kier molecular flexibility index (Phi) is 2.04. The maximum absolute atomic E-state index is 11.7. The molecule has 1 aromatic heterocycles. The standard InChI is InChI=1S/C11H14N5O/c1-13-7-8-14(2)11(13)15-9-5-3-4-6-10(9)16(17)12-15/h3-6H,7-8H2,1-2H3/q+1. The molecule has 2 aromatic rings. The Morgan fingerprint density at radius 1 is 1.35 bits per heavy atom. The van der Waals surface area contributed by atoms with Gasteiger partial charge >= 0.3 is 5.96 Å². The van der Waals surface area contributed by atoms with Crippen LogP contribution in [-0.2, 0) is 0 Å². The predicted molar refractivity (Wildman–Crippen MR) is 62.8 cm³/mol. The van der Waals surface area contributed by atoms with Crippen LogP contribution in [0.4, 0.5) is 0 Å². The minimum atomic E-state index is 0.591. The lowest BCUT2D eigenvalue weighted by Gasteiger charge is -2.03. The van der Waals surface area contributed by atoms with Gasteiger partial charge in [0, 0.05) is 0 Å². The van der Waals surface area contributed by atoms with Crippen molar-refractivity contribution in [1.82, 2.24) is 14.8 Å². The van der Waals surface area contributed by atoms with Gasteiger partial charge in [-0.2, -0.15) is 0 Å². The number of rotatable bonds is 0. The Balaban J connectivity index is 2.28. The van der Waals surface area contributed by atoms with E-state index in [0.29, 0.717) is 10.4 Å². The van der Waals surface area contributed by atoms with E-state index < -0.39 is 0 Å². The Morgan fingerprint density at radius 2 is 2.12 bits per heavy atom. The van der Waals surface area contributed by atoms with E-state index in [1.54, 1.807) is 10.7 Å². The number of para-hydroxylation sites is 2. The molecule has 1 aliphatic heterocycles. The Bertz CT molecular complexity index is 615. The van der Waals surface area contributed by atoms with Gasteiger partial charge < -0.3 is 5.21 Å². The van der Waals surface area contributed by atoms with E-state index in [0.717, 1.165) is 24.6 Å². The van der Waals surface area contributed by atoms with Gasteiger partial charge in [-0.1, -0.05) is 12.1 Å². The molecule has 0 bridgehead atoms. The molecule has 0 atom stereocenters. The molecule has 1 aliphatic rings. The average molecular weight is 232 g/mol. The Labute approximate surface area is 98.6 Å². The Hall–Kier alpha value is -2.11. The van der Waals surface area contributed by atoms with E-state index in [-0.39, 0.29) is 0 Å². The van der Waals surface area contributed by atoms with Crippen molar-refractivity contribution in [2.45, 2.75) is 0 Å². The molecule has 0 N–H and O–H groups in total. The maximum atomic E-state index is 11.7. The number of aromatic nitrogens is 3. The fourth-order valence-electron chi connectivity index (χ4n) is 2.25. The first-order valence-electron chi connectivity index (χ1n) is 5.55. The van der Waals surface area contributed by atoms with Gasteiger partial charge in [0.05, 0.1) is 27.2 Å². The van der Waals surface area contributed by atoms with Crippen molar-refractivity contribution in [2.24, 2.45) is 0 Å². The molecule has 0 aliphatic carbocycles. The summed E-state index contributed by atoms with van der Waals surface area (Å²) >= 11 is 0. The predicted octanol–water partition coefficient (Wildman–Crippen LogP) is -0.538. The Morgan fingerprint density at radius 3 is 2.82 bits per heavy atom. The van der Waals surface area contributed by atoms with Gasteiger partial charge in [-0.05, 0) is 16.8 Å². The minimum Gasteiger partial charge on any atom is -0.691 e. The normalized spacial score (nSPS) is 16.2. The van der Waals surface area contributed by atoms with E-state index in [2.05, 4.69) is 14.7 Å². The van der Waals surface area contributed by atoms with E-state index in [1.807, 2.05) is 32.3 Å². The van der Waals surface area contributed by atoms with Gasteiger partial charge in [-0.25, -0.2) is 0 Å². The van der Waals surface area contributed by atoms with E-state index in [9.17, 15) is 5.21 Å². The number of benzene rings is 1. The van der Waals surface area contributed by atoms with E-state index in [1.165, 1.54) is 0 Å². The van der Waals surface area contributed by atoms with Crippen LogP contribution in [-0.4, -0.2) is 52.5 Å². The van der Waals surface area contributed by atoms with Crippen LogP contribution >= 0.6 is 0 Å². The third kappa shape index (κ3) is 1.37. The van der Waals surface area contributed by atoms with Crippen LogP contribution in [0, 0.1) is 5.21 Å². The highest BCUT2D eigenvalue weighted by Gasteiger charge is 2.32. The number of hydrogen-bond donors (Lipinski definition) is 0. The summed E-state index contributed by atoms with van der Waals surface area (Å²) in [5.74, 6) is 0.941. The quantitative estimate of drug-likeness (QED) is 0.453. The summed E-state index contributed by atoms with van der Waals surface area (Å²) in [6.07, 6.45) is 0.